The molecule has 3 heteroatoms. The Bertz CT molecular complexity index is 785. The summed E-state index contributed by atoms with van der Waals surface area (Å²) < 4.78 is 12.5. The van der Waals surface area contributed by atoms with E-state index < -0.39 is 40.5 Å². The minimum absolute atomic E-state index is 1.35. The molecule has 4 aromatic rings. The summed E-state index contributed by atoms with van der Waals surface area (Å²) in [5.41, 5.74) is 0. The second-order valence-corrected chi connectivity index (χ2v) is 16.1. The van der Waals surface area contributed by atoms with Crippen LogP contribution in [0, 0.1) is 14.3 Å². The number of rotatable bonds is 6. The van der Waals surface area contributed by atoms with Crippen LogP contribution in [0.1, 0.15) is 0 Å². The first-order chi connectivity index (χ1) is 13.4. The van der Waals surface area contributed by atoms with E-state index in [9.17, 15) is 0 Å². The van der Waals surface area contributed by atoms with Crippen molar-refractivity contribution < 1.29 is 1.40 Å². The van der Waals surface area contributed by atoms with Crippen LogP contribution in [-0.2, 0) is 1.40 Å². The van der Waals surface area contributed by atoms with Crippen LogP contribution in [0.4, 0.5) is 0 Å². The van der Waals surface area contributed by atoms with Gasteiger partial charge in [0.2, 0.25) is 0 Å². The van der Waals surface area contributed by atoms with Gasteiger partial charge in [0, 0.05) is 0 Å². The van der Waals surface area contributed by atoms with Crippen LogP contribution in [0.2, 0.25) is 0 Å². The molecule has 0 spiro atoms. The molecule has 1 nitrogen and oxygen atoms in total. The van der Waals surface area contributed by atoms with Crippen molar-refractivity contribution in [2.45, 2.75) is 0 Å². The van der Waals surface area contributed by atoms with Crippen molar-refractivity contribution in [1.82, 2.24) is 0 Å². The van der Waals surface area contributed by atoms with Gasteiger partial charge in [0.1, 0.15) is 0 Å². The van der Waals surface area contributed by atoms with Crippen molar-refractivity contribution in [1.29, 1.82) is 0 Å². The van der Waals surface area contributed by atoms with Crippen LogP contribution in [-0.4, -0.2) is 0 Å². The van der Waals surface area contributed by atoms with Gasteiger partial charge in [-0.1, -0.05) is 0 Å². The average Bonchev–Trinajstić information content (AvgIpc) is 2.77. The van der Waals surface area contributed by atoms with Gasteiger partial charge in [-0.15, -0.1) is 0 Å². The molecule has 0 bridgehead atoms. The summed E-state index contributed by atoms with van der Waals surface area (Å²) in [4.78, 5) is 0. The van der Waals surface area contributed by atoms with Crippen LogP contribution in [0.15, 0.2) is 121 Å². The number of hydrogen-bond acceptors (Lipinski definition) is 1. The molecule has 0 atom stereocenters. The first-order valence-electron chi connectivity index (χ1n) is 8.71. The van der Waals surface area contributed by atoms with Crippen molar-refractivity contribution in [3.8, 4) is 0 Å². The molecule has 0 unspecified atom stereocenters. The van der Waals surface area contributed by atoms with Gasteiger partial charge in [0.05, 0.1) is 0 Å². The summed E-state index contributed by atoms with van der Waals surface area (Å²) in [5, 5.41) is 0. The summed E-state index contributed by atoms with van der Waals surface area (Å²) in [6.07, 6.45) is 0. The molecular formula is C24H20I2O. The standard InChI is InChI=1S/C24H20I2O/c1-5-13-21(14-6-1)25(22-15-7-2-8-16-22)27-26(23-17-9-3-10-18-23)24-19-11-4-12-20-24/h1-20H. The first kappa shape index (κ1) is 18.7. The zero-order valence-electron chi connectivity index (χ0n) is 14.7. The molecule has 0 saturated carbocycles. The molecule has 0 amide bonds. The molecule has 0 saturated heterocycles. The molecule has 0 fully saturated rings. The van der Waals surface area contributed by atoms with Gasteiger partial charge in [0.25, 0.3) is 0 Å². The van der Waals surface area contributed by atoms with Crippen LogP contribution in [0.25, 0.3) is 0 Å². The molecule has 0 radical (unpaired) electrons. The fourth-order valence-corrected chi connectivity index (χ4v) is 16.8. The van der Waals surface area contributed by atoms with E-state index in [0.29, 0.717) is 0 Å². The van der Waals surface area contributed by atoms with E-state index in [2.05, 4.69) is 121 Å². The van der Waals surface area contributed by atoms with Crippen LogP contribution in [0.5, 0.6) is 0 Å². The molecule has 0 aliphatic rings. The van der Waals surface area contributed by atoms with Gasteiger partial charge < -0.3 is 0 Å². The molecule has 4 aromatic carbocycles. The van der Waals surface area contributed by atoms with E-state index in [-0.39, 0.29) is 0 Å². The Morgan fingerprint density at radius 3 is 0.778 bits per heavy atom. The Kier molecular flexibility index (Phi) is 6.55. The van der Waals surface area contributed by atoms with E-state index in [1.54, 1.807) is 0 Å². The van der Waals surface area contributed by atoms with Crippen LogP contribution >= 0.6 is 40.5 Å². The molecule has 0 aliphatic carbocycles. The molecule has 0 heterocycles. The van der Waals surface area contributed by atoms with Crippen molar-refractivity contribution in [3.63, 3.8) is 0 Å². The van der Waals surface area contributed by atoms with Crippen molar-refractivity contribution >= 4 is 40.5 Å². The Morgan fingerprint density at radius 2 is 0.556 bits per heavy atom. The summed E-state index contributed by atoms with van der Waals surface area (Å²) in [6.45, 7) is 0. The van der Waals surface area contributed by atoms with E-state index >= 15 is 0 Å². The minimum atomic E-state index is -2.00. The monoisotopic (exact) mass is 578 g/mol. The van der Waals surface area contributed by atoms with Gasteiger partial charge in [0.15, 0.2) is 0 Å². The predicted octanol–water partition coefficient (Wildman–Crippen LogP) is 7.33. The van der Waals surface area contributed by atoms with E-state index in [1.807, 2.05) is 0 Å². The Morgan fingerprint density at radius 1 is 0.333 bits per heavy atom. The number of halogens is 2. The summed E-state index contributed by atoms with van der Waals surface area (Å²) >= 11 is -3.99. The molecule has 0 aromatic heterocycles. The zero-order chi connectivity index (χ0) is 18.3. The third-order valence-electron chi connectivity index (χ3n) is 3.84. The predicted molar refractivity (Wildman–Crippen MR) is 130 cm³/mol. The van der Waals surface area contributed by atoms with Crippen LogP contribution in [0.3, 0.4) is 0 Å². The van der Waals surface area contributed by atoms with Gasteiger partial charge in [-0.05, 0) is 0 Å². The maximum absolute atomic E-state index is 7.11. The fourth-order valence-electron chi connectivity index (χ4n) is 2.56. The van der Waals surface area contributed by atoms with Gasteiger partial charge in [-0.2, -0.15) is 0 Å². The van der Waals surface area contributed by atoms with Crippen molar-refractivity contribution in [2.24, 2.45) is 0 Å². The Labute approximate surface area is 176 Å². The molecular weight excluding hydrogens is 558 g/mol. The first-order valence-corrected chi connectivity index (χ1v) is 14.8. The second kappa shape index (κ2) is 9.48. The van der Waals surface area contributed by atoms with Crippen LogP contribution < -0.4 is 0 Å². The maximum atomic E-state index is 7.11. The zero-order valence-corrected chi connectivity index (χ0v) is 19.0. The third-order valence-corrected chi connectivity index (χ3v) is 16.4. The van der Waals surface area contributed by atoms with E-state index in [4.69, 9.17) is 1.40 Å². The van der Waals surface area contributed by atoms with E-state index in [0.717, 1.165) is 0 Å². The molecule has 4 rings (SSSR count). The number of benzene rings is 4. The average molecular weight is 578 g/mol. The van der Waals surface area contributed by atoms with Gasteiger partial charge in [-0.25, -0.2) is 0 Å². The number of hydrogen-bond donors (Lipinski definition) is 0. The van der Waals surface area contributed by atoms with E-state index in [1.165, 1.54) is 14.3 Å². The topological polar surface area (TPSA) is 9.23 Å². The normalized spacial score (nSPS) is 11.7. The summed E-state index contributed by atoms with van der Waals surface area (Å²) in [6, 6.07) is 43.1. The molecule has 27 heavy (non-hydrogen) atoms. The summed E-state index contributed by atoms with van der Waals surface area (Å²) in [5.74, 6) is 0. The third kappa shape index (κ3) is 4.78. The molecule has 0 N–H and O–H groups in total. The SMILES string of the molecule is c1ccc(I(OI(c2ccccc2)c2ccccc2)c2ccccc2)cc1. The quantitative estimate of drug-likeness (QED) is 0.218. The molecule has 136 valence electrons. The van der Waals surface area contributed by atoms with Crippen molar-refractivity contribution in [2.75, 3.05) is 0 Å². The Balaban J connectivity index is 1.77. The summed E-state index contributed by atoms with van der Waals surface area (Å²) in [7, 11) is 0. The van der Waals surface area contributed by atoms with Gasteiger partial charge >= 0.3 is 177 Å². The van der Waals surface area contributed by atoms with Gasteiger partial charge in [-0.3, -0.25) is 0 Å². The fraction of sp³-hybridized carbons (Fsp3) is 0. The van der Waals surface area contributed by atoms with Crippen molar-refractivity contribution in [3.05, 3.63) is 136 Å². The molecule has 0 aliphatic heterocycles. The second-order valence-electron chi connectivity index (χ2n) is 5.74. The Hall–Kier alpha value is -1.70.